The highest BCUT2D eigenvalue weighted by atomic mass is 35.5. The molecular formula is C18H17ClN2O5. The van der Waals surface area contributed by atoms with E-state index in [1.54, 1.807) is 37.4 Å². The number of methoxy groups -OCH3 is 1. The van der Waals surface area contributed by atoms with E-state index in [9.17, 15) is 9.59 Å². The lowest BCUT2D eigenvalue weighted by molar-refractivity contribution is -0.116. The third kappa shape index (κ3) is 3.83. The summed E-state index contributed by atoms with van der Waals surface area (Å²) in [5.74, 6) is 0.850. The fourth-order valence-electron chi connectivity index (χ4n) is 2.47. The number of nitrogens with zero attached hydrogens (tertiary/aromatic N) is 1. The van der Waals surface area contributed by atoms with Crippen LogP contribution in [0.3, 0.4) is 0 Å². The molecule has 8 heteroatoms. The van der Waals surface area contributed by atoms with Crippen LogP contribution in [0.1, 0.15) is 10.4 Å². The topological polar surface area (TPSA) is 77.1 Å². The van der Waals surface area contributed by atoms with Gasteiger partial charge in [-0.3, -0.25) is 9.59 Å². The van der Waals surface area contributed by atoms with Crippen molar-refractivity contribution < 1.29 is 23.8 Å². The van der Waals surface area contributed by atoms with E-state index in [1.807, 2.05) is 0 Å². The number of rotatable bonds is 5. The van der Waals surface area contributed by atoms with Gasteiger partial charge in [0.1, 0.15) is 5.75 Å². The van der Waals surface area contributed by atoms with Gasteiger partial charge >= 0.3 is 0 Å². The zero-order valence-corrected chi connectivity index (χ0v) is 15.0. The van der Waals surface area contributed by atoms with E-state index in [2.05, 4.69) is 5.32 Å². The number of likely N-dealkylation sites (N-methyl/N-ethyl adjacent to an activating group) is 1. The summed E-state index contributed by atoms with van der Waals surface area (Å²) >= 11 is 6.10. The normalized spacial score (nSPS) is 11.8. The molecule has 0 saturated carbocycles. The Morgan fingerprint density at radius 1 is 1.23 bits per heavy atom. The molecule has 3 rings (SSSR count). The van der Waals surface area contributed by atoms with Crippen molar-refractivity contribution in [2.24, 2.45) is 0 Å². The lowest BCUT2D eigenvalue weighted by Gasteiger charge is -2.17. The second kappa shape index (κ2) is 7.53. The van der Waals surface area contributed by atoms with Crippen molar-refractivity contribution in [1.29, 1.82) is 0 Å². The van der Waals surface area contributed by atoms with Gasteiger partial charge in [0.25, 0.3) is 5.91 Å². The predicted molar refractivity (Wildman–Crippen MR) is 96.2 cm³/mol. The van der Waals surface area contributed by atoms with Gasteiger partial charge in [-0.05, 0) is 36.4 Å². The minimum Gasteiger partial charge on any atom is -0.497 e. The van der Waals surface area contributed by atoms with E-state index < -0.39 is 0 Å². The number of nitrogens with one attached hydrogen (secondary N) is 1. The number of halogens is 1. The first-order valence-corrected chi connectivity index (χ1v) is 8.14. The van der Waals surface area contributed by atoms with Crippen LogP contribution in [0.2, 0.25) is 5.02 Å². The highest BCUT2D eigenvalue weighted by Gasteiger charge is 2.23. The van der Waals surface area contributed by atoms with Crippen LogP contribution in [-0.2, 0) is 4.79 Å². The highest BCUT2D eigenvalue weighted by Crippen LogP contribution is 2.39. The van der Waals surface area contributed by atoms with Crippen molar-refractivity contribution in [1.82, 2.24) is 4.90 Å². The smallest absolute Gasteiger partial charge is 0.254 e. The molecule has 2 aromatic rings. The first kappa shape index (κ1) is 17.9. The zero-order valence-electron chi connectivity index (χ0n) is 14.2. The first-order valence-electron chi connectivity index (χ1n) is 7.76. The van der Waals surface area contributed by atoms with Crippen LogP contribution in [0, 0.1) is 0 Å². The standard InChI is InChI=1S/C18H17ClN2O5/c1-21(9-16(22)20-12-3-5-13(24-2)6-4-12)18(23)11-7-14(19)17-15(8-11)25-10-26-17/h3-8H,9-10H2,1-2H3,(H,20,22). The minimum absolute atomic E-state index is 0.0623. The Morgan fingerprint density at radius 3 is 2.65 bits per heavy atom. The molecule has 0 spiro atoms. The van der Waals surface area contributed by atoms with Gasteiger partial charge < -0.3 is 24.4 Å². The molecule has 0 fully saturated rings. The van der Waals surface area contributed by atoms with Crippen LogP contribution in [0.25, 0.3) is 0 Å². The largest absolute Gasteiger partial charge is 0.497 e. The molecule has 0 bridgehead atoms. The van der Waals surface area contributed by atoms with E-state index in [0.717, 1.165) is 0 Å². The van der Waals surface area contributed by atoms with Crippen molar-refractivity contribution in [2.75, 3.05) is 32.8 Å². The summed E-state index contributed by atoms with van der Waals surface area (Å²) < 4.78 is 15.5. The van der Waals surface area contributed by atoms with Gasteiger partial charge in [-0.25, -0.2) is 0 Å². The second-order valence-electron chi connectivity index (χ2n) is 5.63. The Bertz CT molecular complexity index is 838. The van der Waals surface area contributed by atoms with Crippen LogP contribution in [0.5, 0.6) is 17.2 Å². The van der Waals surface area contributed by atoms with E-state index >= 15 is 0 Å². The number of hydrogen-bond donors (Lipinski definition) is 1. The number of hydrogen-bond acceptors (Lipinski definition) is 5. The molecule has 0 atom stereocenters. The quantitative estimate of drug-likeness (QED) is 0.868. The van der Waals surface area contributed by atoms with Gasteiger partial charge in [0.05, 0.1) is 18.7 Å². The molecule has 1 aliphatic heterocycles. The van der Waals surface area contributed by atoms with Crippen LogP contribution in [-0.4, -0.2) is 44.2 Å². The molecule has 0 radical (unpaired) electrons. The molecule has 1 aliphatic rings. The maximum atomic E-state index is 12.5. The van der Waals surface area contributed by atoms with Gasteiger partial charge in [-0.1, -0.05) is 11.6 Å². The van der Waals surface area contributed by atoms with Gasteiger partial charge in [0.15, 0.2) is 11.5 Å². The average Bonchev–Trinajstić information content (AvgIpc) is 3.10. The van der Waals surface area contributed by atoms with Crippen molar-refractivity contribution in [3.05, 3.63) is 47.0 Å². The Hall–Kier alpha value is -2.93. The summed E-state index contributed by atoms with van der Waals surface area (Å²) in [6.07, 6.45) is 0. The SMILES string of the molecule is COc1ccc(NC(=O)CN(C)C(=O)c2cc(Cl)c3c(c2)OCO3)cc1. The molecule has 0 saturated heterocycles. The molecule has 2 aromatic carbocycles. The summed E-state index contributed by atoms with van der Waals surface area (Å²) in [5.41, 5.74) is 0.932. The molecule has 136 valence electrons. The van der Waals surface area contributed by atoms with E-state index in [1.165, 1.54) is 18.0 Å². The number of amides is 2. The molecule has 0 unspecified atom stereocenters. The minimum atomic E-state index is -0.352. The van der Waals surface area contributed by atoms with E-state index in [4.69, 9.17) is 25.8 Å². The van der Waals surface area contributed by atoms with Crippen LogP contribution < -0.4 is 19.5 Å². The number of fused-ring (bicyclic) bond motifs is 1. The Balaban J connectivity index is 1.63. The fourth-order valence-corrected chi connectivity index (χ4v) is 2.74. The monoisotopic (exact) mass is 376 g/mol. The van der Waals surface area contributed by atoms with Gasteiger partial charge in [0, 0.05) is 18.3 Å². The Labute approximate surface area is 155 Å². The molecule has 1 heterocycles. The van der Waals surface area contributed by atoms with Gasteiger partial charge in [0.2, 0.25) is 12.7 Å². The second-order valence-corrected chi connectivity index (χ2v) is 6.04. The fraction of sp³-hybridized carbons (Fsp3) is 0.222. The molecule has 2 amide bonds. The maximum absolute atomic E-state index is 12.5. The molecule has 0 aliphatic carbocycles. The van der Waals surface area contributed by atoms with Crippen LogP contribution in [0.15, 0.2) is 36.4 Å². The van der Waals surface area contributed by atoms with E-state index in [-0.39, 0.29) is 25.2 Å². The number of carbonyl (C=O) groups excluding carboxylic acids is 2. The van der Waals surface area contributed by atoms with Crippen LogP contribution in [0.4, 0.5) is 5.69 Å². The van der Waals surface area contributed by atoms with E-state index in [0.29, 0.717) is 33.5 Å². The Morgan fingerprint density at radius 2 is 1.96 bits per heavy atom. The molecular weight excluding hydrogens is 360 g/mol. The lowest BCUT2D eigenvalue weighted by atomic mass is 10.1. The number of carbonyl (C=O) groups is 2. The lowest BCUT2D eigenvalue weighted by Crippen LogP contribution is -2.34. The maximum Gasteiger partial charge on any atom is 0.254 e. The van der Waals surface area contributed by atoms with Gasteiger partial charge in [-0.15, -0.1) is 0 Å². The summed E-state index contributed by atoms with van der Waals surface area (Å²) in [6.45, 7) is -0.0519. The molecule has 26 heavy (non-hydrogen) atoms. The molecule has 7 nitrogen and oxygen atoms in total. The molecule has 0 aromatic heterocycles. The number of benzene rings is 2. The first-order chi connectivity index (χ1) is 12.5. The van der Waals surface area contributed by atoms with Gasteiger partial charge in [-0.2, -0.15) is 0 Å². The van der Waals surface area contributed by atoms with Crippen molar-refractivity contribution >= 4 is 29.1 Å². The van der Waals surface area contributed by atoms with Crippen LogP contribution >= 0.6 is 11.6 Å². The average molecular weight is 377 g/mol. The summed E-state index contributed by atoms with van der Waals surface area (Å²) in [6, 6.07) is 9.95. The third-order valence-corrected chi connectivity index (χ3v) is 4.06. The number of ether oxygens (including phenoxy) is 3. The number of anilines is 1. The highest BCUT2D eigenvalue weighted by molar-refractivity contribution is 6.32. The van der Waals surface area contributed by atoms with Crippen molar-refractivity contribution in [2.45, 2.75) is 0 Å². The summed E-state index contributed by atoms with van der Waals surface area (Å²) in [4.78, 5) is 26.0. The molecule has 1 N–H and O–H groups in total. The van der Waals surface area contributed by atoms with Crippen molar-refractivity contribution in [3.63, 3.8) is 0 Å². The predicted octanol–water partition coefficient (Wildman–Crippen LogP) is 2.79. The summed E-state index contributed by atoms with van der Waals surface area (Å²) in [5, 5.41) is 3.02. The summed E-state index contributed by atoms with van der Waals surface area (Å²) in [7, 11) is 3.10. The van der Waals surface area contributed by atoms with Crippen molar-refractivity contribution in [3.8, 4) is 17.2 Å². The zero-order chi connectivity index (χ0) is 18.7. The third-order valence-electron chi connectivity index (χ3n) is 3.78. The Kier molecular flexibility index (Phi) is 5.18.